The van der Waals surface area contributed by atoms with Crippen LogP contribution in [0.1, 0.15) is 37.1 Å². The molecule has 1 aliphatic heterocycles. The maximum Gasteiger partial charge on any atom is 0.303 e. The van der Waals surface area contributed by atoms with Gasteiger partial charge in [-0.3, -0.25) is 14.3 Å². The van der Waals surface area contributed by atoms with Crippen LogP contribution in [-0.4, -0.2) is 52.4 Å². The summed E-state index contributed by atoms with van der Waals surface area (Å²) in [6, 6.07) is 1.83. The number of aromatic nitrogens is 2. The summed E-state index contributed by atoms with van der Waals surface area (Å²) in [4.78, 5) is 24.6. The second kappa shape index (κ2) is 7.75. The molecule has 1 aromatic heterocycles. The number of aryl methyl sites for hydroxylation is 2. The van der Waals surface area contributed by atoms with E-state index in [4.69, 9.17) is 10.2 Å². The van der Waals surface area contributed by atoms with Gasteiger partial charge in [-0.2, -0.15) is 5.10 Å². The van der Waals surface area contributed by atoms with Gasteiger partial charge in [-0.1, -0.05) is 0 Å². The molecule has 0 saturated heterocycles. The molecular weight excluding hydrogens is 336 g/mol. The Morgan fingerprint density at radius 3 is 2.71 bits per heavy atom. The summed E-state index contributed by atoms with van der Waals surface area (Å²) in [5.41, 5.74) is 1.57. The average molecular weight is 358 g/mol. The van der Waals surface area contributed by atoms with Crippen LogP contribution in [-0.2, 0) is 39.1 Å². The molecule has 1 amide bonds. The van der Waals surface area contributed by atoms with Gasteiger partial charge in [-0.05, 0) is 18.9 Å². The minimum Gasteiger partial charge on any atom is -0.481 e. The molecule has 2 rings (SSSR count). The van der Waals surface area contributed by atoms with Crippen molar-refractivity contribution in [2.75, 3.05) is 12.3 Å². The fourth-order valence-corrected chi connectivity index (χ4v) is 3.22. The number of carbonyl (C=O) groups is 2. The second-order valence-corrected chi connectivity index (χ2v) is 7.62. The van der Waals surface area contributed by atoms with Crippen molar-refractivity contribution < 1.29 is 23.1 Å². The number of carboxylic acids is 1. The van der Waals surface area contributed by atoms with Gasteiger partial charge in [0.25, 0.3) is 0 Å². The van der Waals surface area contributed by atoms with E-state index in [0.29, 0.717) is 31.7 Å². The summed E-state index contributed by atoms with van der Waals surface area (Å²) in [6.45, 7) is 1.65. The van der Waals surface area contributed by atoms with Gasteiger partial charge in [0.05, 0.1) is 30.1 Å². The number of hydrogen-bond donors (Lipinski definition) is 2. The first-order valence-corrected chi connectivity index (χ1v) is 9.52. The maximum atomic E-state index is 12.3. The van der Waals surface area contributed by atoms with E-state index in [1.165, 1.54) is 0 Å². The fourth-order valence-electron chi connectivity index (χ4n) is 2.67. The van der Waals surface area contributed by atoms with Crippen molar-refractivity contribution in [1.29, 1.82) is 0 Å². The SMILES string of the molecule is NS(=O)(=O)CCCC(=O)N1CCCn2nc(CCC(=O)O)cc2C1. The lowest BCUT2D eigenvalue weighted by molar-refractivity contribution is -0.137. The number of carboxylic acid groups (broad SMARTS) is 1. The highest BCUT2D eigenvalue weighted by Gasteiger charge is 2.21. The van der Waals surface area contributed by atoms with E-state index in [-0.39, 0.29) is 30.9 Å². The molecule has 10 heteroatoms. The largest absolute Gasteiger partial charge is 0.481 e. The Morgan fingerprint density at radius 1 is 1.29 bits per heavy atom. The van der Waals surface area contributed by atoms with Crippen LogP contribution in [0.25, 0.3) is 0 Å². The van der Waals surface area contributed by atoms with E-state index in [1.807, 2.05) is 10.7 Å². The summed E-state index contributed by atoms with van der Waals surface area (Å²) >= 11 is 0. The van der Waals surface area contributed by atoms with E-state index < -0.39 is 16.0 Å². The van der Waals surface area contributed by atoms with Crippen LogP contribution in [0.2, 0.25) is 0 Å². The molecule has 0 unspecified atom stereocenters. The zero-order valence-corrected chi connectivity index (χ0v) is 14.2. The van der Waals surface area contributed by atoms with Gasteiger partial charge in [0.2, 0.25) is 15.9 Å². The highest BCUT2D eigenvalue weighted by atomic mass is 32.2. The average Bonchev–Trinajstić information content (AvgIpc) is 2.74. The van der Waals surface area contributed by atoms with E-state index in [1.54, 1.807) is 4.90 Å². The third kappa shape index (κ3) is 5.60. The van der Waals surface area contributed by atoms with Crippen molar-refractivity contribution in [3.8, 4) is 0 Å². The molecule has 3 N–H and O–H groups in total. The van der Waals surface area contributed by atoms with Crippen molar-refractivity contribution in [2.45, 2.75) is 45.2 Å². The Morgan fingerprint density at radius 2 is 2.04 bits per heavy atom. The van der Waals surface area contributed by atoms with Gasteiger partial charge < -0.3 is 10.0 Å². The monoisotopic (exact) mass is 358 g/mol. The van der Waals surface area contributed by atoms with Crippen LogP contribution >= 0.6 is 0 Å². The van der Waals surface area contributed by atoms with Crippen molar-refractivity contribution >= 4 is 21.9 Å². The summed E-state index contributed by atoms with van der Waals surface area (Å²) in [6.07, 6.45) is 1.46. The molecule has 0 aromatic carbocycles. The minimum absolute atomic E-state index is 0.0205. The number of rotatable bonds is 7. The topological polar surface area (TPSA) is 136 Å². The molecule has 1 aromatic rings. The normalized spacial score (nSPS) is 15.0. The molecule has 0 saturated carbocycles. The summed E-state index contributed by atoms with van der Waals surface area (Å²) in [5.74, 6) is -1.19. The first-order chi connectivity index (χ1) is 11.2. The number of primary sulfonamides is 1. The number of nitrogens with zero attached hydrogens (tertiary/aromatic N) is 3. The zero-order valence-electron chi connectivity index (χ0n) is 13.3. The third-order valence-corrected chi connectivity index (χ3v) is 4.69. The lowest BCUT2D eigenvalue weighted by Gasteiger charge is -2.19. The quantitative estimate of drug-likeness (QED) is 0.687. The highest BCUT2D eigenvalue weighted by molar-refractivity contribution is 7.89. The van der Waals surface area contributed by atoms with Crippen LogP contribution in [0.5, 0.6) is 0 Å². The second-order valence-electron chi connectivity index (χ2n) is 5.88. The van der Waals surface area contributed by atoms with Crippen molar-refractivity contribution in [2.24, 2.45) is 5.14 Å². The van der Waals surface area contributed by atoms with E-state index in [9.17, 15) is 18.0 Å². The fraction of sp³-hybridized carbons (Fsp3) is 0.643. The Kier molecular flexibility index (Phi) is 5.94. The van der Waals surface area contributed by atoms with Gasteiger partial charge in [0.15, 0.2) is 0 Å². The molecule has 0 fully saturated rings. The number of carbonyl (C=O) groups excluding carboxylic acids is 1. The van der Waals surface area contributed by atoms with Gasteiger partial charge in [0.1, 0.15) is 0 Å². The first-order valence-electron chi connectivity index (χ1n) is 7.80. The predicted octanol–water partition coefficient (Wildman–Crippen LogP) is -0.299. The van der Waals surface area contributed by atoms with Crippen LogP contribution in [0, 0.1) is 0 Å². The summed E-state index contributed by atoms with van der Waals surface area (Å²) in [5, 5.41) is 18.1. The smallest absolute Gasteiger partial charge is 0.303 e. The Balaban J connectivity index is 1.95. The molecule has 0 atom stereocenters. The molecule has 0 radical (unpaired) electrons. The van der Waals surface area contributed by atoms with Gasteiger partial charge >= 0.3 is 5.97 Å². The van der Waals surface area contributed by atoms with E-state index >= 15 is 0 Å². The van der Waals surface area contributed by atoms with Gasteiger partial charge in [0, 0.05) is 25.9 Å². The molecule has 1 aliphatic rings. The molecule has 2 heterocycles. The standard InChI is InChI=1S/C14H22N4O5S/c15-24(22,23)8-1-3-13(19)17-6-2-7-18-12(10-17)9-11(16-18)4-5-14(20)21/h9H,1-8,10H2,(H,20,21)(H2,15,22,23). The molecule has 24 heavy (non-hydrogen) atoms. The Hall–Kier alpha value is -1.94. The molecular formula is C14H22N4O5S. The van der Waals surface area contributed by atoms with E-state index in [0.717, 1.165) is 12.1 Å². The highest BCUT2D eigenvalue weighted by Crippen LogP contribution is 2.16. The van der Waals surface area contributed by atoms with Crippen molar-refractivity contribution in [3.05, 3.63) is 17.5 Å². The van der Waals surface area contributed by atoms with Gasteiger partial charge in [-0.25, -0.2) is 13.6 Å². The summed E-state index contributed by atoms with van der Waals surface area (Å²) in [7, 11) is -3.55. The minimum atomic E-state index is -3.55. The number of hydrogen-bond acceptors (Lipinski definition) is 5. The van der Waals surface area contributed by atoms with Crippen LogP contribution < -0.4 is 5.14 Å². The lowest BCUT2D eigenvalue weighted by Crippen LogP contribution is -2.31. The first kappa shape index (κ1) is 18.4. The number of fused-ring (bicyclic) bond motifs is 1. The van der Waals surface area contributed by atoms with Gasteiger partial charge in [-0.15, -0.1) is 0 Å². The van der Waals surface area contributed by atoms with Crippen LogP contribution in [0.3, 0.4) is 0 Å². The molecule has 134 valence electrons. The Labute approximate surface area is 140 Å². The number of aliphatic carboxylic acids is 1. The number of nitrogens with two attached hydrogens (primary N) is 1. The predicted molar refractivity (Wildman–Crippen MR) is 85.4 cm³/mol. The third-order valence-electron chi connectivity index (χ3n) is 3.83. The molecule has 0 bridgehead atoms. The summed E-state index contributed by atoms with van der Waals surface area (Å²) < 4.78 is 23.7. The van der Waals surface area contributed by atoms with Crippen LogP contribution in [0.15, 0.2) is 6.07 Å². The molecule has 0 aliphatic carbocycles. The van der Waals surface area contributed by atoms with Crippen molar-refractivity contribution in [3.63, 3.8) is 0 Å². The molecule has 9 nitrogen and oxygen atoms in total. The van der Waals surface area contributed by atoms with E-state index in [2.05, 4.69) is 5.10 Å². The number of sulfonamides is 1. The Bertz CT molecular complexity index is 713. The lowest BCUT2D eigenvalue weighted by atomic mass is 10.2. The maximum absolute atomic E-state index is 12.3. The molecule has 0 spiro atoms. The van der Waals surface area contributed by atoms with Crippen molar-refractivity contribution in [1.82, 2.24) is 14.7 Å². The van der Waals surface area contributed by atoms with Crippen LogP contribution in [0.4, 0.5) is 0 Å². The number of amides is 1. The zero-order chi connectivity index (χ0) is 17.7.